The maximum Gasteiger partial charge on any atom is 0.138 e. The van der Waals surface area contributed by atoms with Gasteiger partial charge in [0.2, 0.25) is 0 Å². The Morgan fingerprint density at radius 3 is 0.900 bits per heavy atom. The molecule has 2 nitrogen and oxygen atoms in total. The summed E-state index contributed by atoms with van der Waals surface area (Å²) in [5.41, 5.74) is 8.01. The molecule has 0 radical (unpaired) electrons. The fraction of sp³-hybridized carbons (Fsp3) is 0.714. The summed E-state index contributed by atoms with van der Waals surface area (Å²) in [7, 11) is 0. The van der Waals surface area contributed by atoms with Crippen molar-refractivity contribution in [1.29, 1.82) is 0 Å². The van der Waals surface area contributed by atoms with Crippen LogP contribution in [0.3, 0.4) is 0 Å². The zero-order valence-electron chi connectivity index (χ0n) is 21.5. The first-order valence-electron chi connectivity index (χ1n) is 12.1. The average molecular weight is 415 g/mol. The maximum absolute atomic E-state index is 12.6. The number of rotatable bonds is 10. The number of hydrogen-bond donors (Lipinski definition) is 0. The molecule has 0 aliphatic rings. The number of Topliss-reactive ketones (excluding diaryl/α,β-unsaturated/α-hetero) is 2. The van der Waals surface area contributed by atoms with Gasteiger partial charge >= 0.3 is 0 Å². The molecule has 0 saturated heterocycles. The molecule has 2 heteroatoms. The predicted molar refractivity (Wildman–Crippen MR) is 130 cm³/mol. The predicted octanol–water partition coefficient (Wildman–Crippen LogP) is 7.03. The van der Waals surface area contributed by atoms with Crippen LogP contribution in [0.2, 0.25) is 0 Å². The first-order chi connectivity index (χ1) is 13.8. The molecule has 0 spiro atoms. The lowest BCUT2D eigenvalue weighted by molar-refractivity contribution is -0.126. The van der Waals surface area contributed by atoms with Gasteiger partial charge in [0.25, 0.3) is 0 Å². The second kappa shape index (κ2) is 10.7. The summed E-state index contributed by atoms with van der Waals surface area (Å²) in [6.07, 6.45) is 6.83. The monoisotopic (exact) mass is 414 g/mol. The van der Waals surface area contributed by atoms with Gasteiger partial charge in [-0.15, -0.1) is 0 Å². The van der Waals surface area contributed by atoms with Crippen LogP contribution in [0.5, 0.6) is 0 Å². The number of carbonyl (C=O) groups is 2. The second-order valence-corrected chi connectivity index (χ2v) is 10.6. The van der Waals surface area contributed by atoms with Crippen molar-refractivity contribution in [3.8, 4) is 0 Å². The molecule has 0 fully saturated rings. The van der Waals surface area contributed by atoms with Gasteiger partial charge in [0.15, 0.2) is 0 Å². The molecular formula is C28H46O2. The number of benzene rings is 1. The smallest absolute Gasteiger partial charge is 0.138 e. The van der Waals surface area contributed by atoms with Crippen molar-refractivity contribution in [2.24, 2.45) is 10.8 Å². The van der Waals surface area contributed by atoms with Crippen molar-refractivity contribution < 1.29 is 9.59 Å². The molecule has 30 heavy (non-hydrogen) atoms. The Morgan fingerprint density at radius 1 is 0.500 bits per heavy atom. The molecule has 1 rings (SSSR count). The Bertz CT molecular complexity index is 656. The summed E-state index contributed by atoms with van der Waals surface area (Å²) in [5.74, 6) is 0.671. The van der Waals surface area contributed by atoms with E-state index in [9.17, 15) is 9.59 Å². The summed E-state index contributed by atoms with van der Waals surface area (Å²) in [6.45, 7) is 21.0. The Kier molecular flexibility index (Phi) is 9.52. The quantitative estimate of drug-likeness (QED) is 0.412. The van der Waals surface area contributed by atoms with Crippen LogP contribution in [0.1, 0.15) is 115 Å². The first kappa shape index (κ1) is 26.6. The van der Waals surface area contributed by atoms with Gasteiger partial charge in [-0.2, -0.15) is 0 Å². The van der Waals surface area contributed by atoms with Crippen LogP contribution < -0.4 is 0 Å². The Hall–Kier alpha value is -1.44. The van der Waals surface area contributed by atoms with Gasteiger partial charge in [-0.3, -0.25) is 9.59 Å². The van der Waals surface area contributed by atoms with Crippen molar-refractivity contribution in [3.05, 3.63) is 33.4 Å². The third-order valence-electron chi connectivity index (χ3n) is 6.48. The summed E-state index contributed by atoms with van der Waals surface area (Å²) >= 11 is 0. The van der Waals surface area contributed by atoms with Crippen molar-refractivity contribution in [3.63, 3.8) is 0 Å². The van der Waals surface area contributed by atoms with E-state index in [4.69, 9.17) is 0 Å². The molecule has 0 aliphatic carbocycles. The minimum atomic E-state index is -0.285. The minimum Gasteiger partial charge on any atom is -0.299 e. The second-order valence-electron chi connectivity index (χ2n) is 10.6. The standard InChI is InChI=1S/C28H46O2/c1-11-19-20(12-2)24(16-18-26(30)28(8,9)10)22(14-4)21(13-3)23(19)15-17-25(29)27(5,6)7/h11-18H2,1-10H3. The summed E-state index contributed by atoms with van der Waals surface area (Å²) in [4.78, 5) is 25.3. The minimum absolute atomic E-state index is 0.285. The largest absolute Gasteiger partial charge is 0.299 e. The lowest BCUT2D eigenvalue weighted by atomic mass is 9.78. The first-order valence-corrected chi connectivity index (χ1v) is 12.1. The molecule has 0 atom stereocenters. The topological polar surface area (TPSA) is 34.1 Å². The normalized spacial score (nSPS) is 12.3. The molecule has 0 bridgehead atoms. The van der Waals surface area contributed by atoms with Crippen LogP contribution in [-0.4, -0.2) is 11.6 Å². The Balaban J connectivity index is 3.51. The number of hydrogen-bond acceptors (Lipinski definition) is 2. The number of ketones is 2. The molecule has 170 valence electrons. The van der Waals surface area contributed by atoms with E-state index < -0.39 is 0 Å². The lowest BCUT2D eigenvalue weighted by Gasteiger charge is -2.27. The molecule has 0 unspecified atom stereocenters. The lowest BCUT2D eigenvalue weighted by Crippen LogP contribution is -2.22. The molecule has 0 aliphatic heterocycles. The van der Waals surface area contributed by atoms with Crippen LogP contribution in [0, 0.1) is 10.8 Å². The van der Waals surface area contributed by atoms with Crippen LogP contribution in [0.15, 0.2) is 0 Å². The number of carbonyl (C=O) groups excluding carboxylic acids is 2. The fourth-order valence-corrected chi connectivity index (χ4v) is 4.63. The highest BCUT2D eigenvalue weighted by Gasteiger charge is 2.26. The van der Waals surface area contributed by atoms with Crippen molar-refractivity contribution >= 4 is 11.6 Å². The van der Waals surface area contributed by atoms with E-state index in [1.165, 1.54) is 33.4 Å². The Labute approximate surface area is 186 Å². The maximum atomic E-state index is 12.6. The van der Waals surface area contributed by atoms with Gasteiger partial charge in [0, 0.05) is 23.7 Å². The Morgan fingerprint density at radius 2 is 0.733 bits per heavy atom. The highest BCUT2D eigenvalue weighted by atomic mass is 16.1. The van der Waals surface area contributed by atoms with Crippen LogP contribution in [0.4, 0.5) is 0 Å². The highest BCUT2D eigenvalue weighted by molar-refractivity contribution is 5.84. The molecule has 1 aromatic carbocycles. The third-order valence-corrected chi connectivity index (χ3v) is 6.48. The van der Waals surface area contributed by atoms with Crippen molar-refractivity contribution in [1.82, 2.24) is 0 Å². The van der Waals surface area contributed by atoms with Crippen LogP contribution in [-0.2, 0) is 48.1 Å². The SMILES string of the molecule is CCc1c(CC)c(CCC(=O)C(C)(C)C)c(CC)c(CC)c1CCC(=O)C(C)(C)C. The van der Waals surface area contributed by atoms with Crippen LogP contribution >= 0.6 is 0 Å². The summed E-state index contributed by atoms with van der Waals surface area (Å²) in [5, 5.41) is 0. The van der Waals surface area contributed by atoms with E-state index >= 15 is 0 Å². The molecule has 0 aromatic heterocycles. The van der Waals surface area contributed by atoms with E-state index in [1.54, 1.807) is 0 Å². The van der Waals surface area contributed by atoms with E-state index in [-0.39, 0.29) is 10.8 Å². The van der Waals surface area contributed by atoms with Crippen molar-refractivity contribution in [2.75, 3.05) is 0 Å². The van der Waals surface area contributed by atoms with Gasteiger partial charge in [0.1, 0.15) is 11.6 Å². The molecule has 1 aromatic rings. The van der Waals surface area contributed by atoms with E-state index in [1.807, 2.05) is 41.5 Å². The zero-order valence-corrected chi connectivity index (χ0v) is 21.5. The van der Waals surface area contributed by atoms with Gasteiger partial charge < -0.3 is 0 Å². The van der Waals surface area contributed by atoms with E-state index in [0.29, 0.717) is 24.4 Å². The fourth-order valence-electron chi connectivity index (χ4n) is 4.63. The molecule has 0 N–H and O–H groups in total. The van der Waals surface area contributed by atoms with Gasteiger partial charge in [-0.05, 0) is 71.9 Å². The van der Waals surface area contributed by atoms with E-state index in [0.717, 1.165) is 38.5 Å². The van der Waals surface area contributed by atoms with Gasteiger partial charge in [-0.25, -0.2) is 0 Å². The van der Waals surface area contributed by atoms with E-state index in [2.05, 4.69) is 27.7 Å². The zero-order chi connectivity index (χ0) is 23.3. The van der Waals surface area contributed by atoms with Crippen LogP contribution in [0.25, 0.3) is 0 Å². The molecule has 0 heterocycles. The summed E-state index contributed by atoms with van der Waals surface area (Å²) in [6, 6.07) is 0. The molecular weight excluding hydrogens is 368 g/mol. The average Bonchev–Trinajstić information content (AvgIpc) is 2.66. The third kappa shape index (κ3) is 6.28. The molecule has 0 amide bonds. The van der Waals surface area contributed by atoms with Gasteiger partial charge in [0.05, 0.1) is 0 Å². The van der Waals surface area contributed by atoms with Crippen molar-refractivity contribution in [2.45, 2.75) is 121 Å². The van der Waals surface area contributed by atoms with Gasteiger partial charge in [-0.1, -0.05) is 69.2 Å². The summed E-state index contributed by atoms with van der Waals surface area (Å²) < 4.78 is 0. The molecule has 0 saturated carbocycles. The highest BCUT2D eigenvalue weighted by Crippen LogP contribution is 2.34.